The van der Waals surface area contributed by atoms with E-state index in [1.165, 1.54) is 22.8 Å². The predicted octanol–water partition coefficient (Wildman–Crippen LogP) is 1.79. The van der Waals surface area contributed by atoms with E-state index in [0.29, 0.717) is 84.5 Å². The van der Waals surface area contributed by atoms with Crippen LogP contribution in [0.15, 0.2) is 90.0 Å². The molecule has 0 saturated heterocycles. The molecule has 4 heterocycles. The zero-order valence-corrected chi connectivity index (χ0v) is 50.1. The highest BCUT2D eigenvalue weighted by atomic mass is 32.2. The number of rotatable bonds is 30. The summed E-state index contributed by atoms with van der Waals surface area (Å²) in [6.45, 7) is 4.18. The molecule has 1 aliphatic rings. The quantitative estimate of drug-likeness (QED) is 0.0232. The second kappa shape index (κ2) is 30.0. The first-order chi connectivity index (χ1) is 40.0. The zero-order valence-electron chi connectivity index (χ0n) is 49.3. The van der Waals surface area contributed by atoms with Gasteiger partial charge in [0, 0.05) is 123 Å². The first-order valence-corrected chi connectivity index (χ1v) is 29.1. The molecule has 1 unspecified atom stereocenters. The third-order valence-electron chi connectivity index (χ3n) is 13.8. The molecule has 0 radical (unpaired) electrons. The molecule has 25 nitrogen and oxygen atoms in total. The number of fused-ring (bicyclic) bond motifs is 1. The van der Waals surface area contributed by atoms with Crippen molar-refractivity contribution in [2.45, 2.75) is 62.8 Å². The molecule has 1 aliphatic carbocycles. The number of carbonyl (C=O) groups is 7. The summed E-state index contributed by atoms with van der Waals surface area (Å²) in [4.78, 5) is 95.4. The van der Waals surface area contributed by atoms with E-state index in [4.69, 9.17) is 5.73 Å². The summed E-state index contributed by atoms with van der Waals surface area (Å²) in [7, 11) is 10.4. The number of amides is 7. The summed E-state index contributed by atoms with van der Waals surface area (Å²) >= 11 is 0. The third-order valence-corrected chi connectivity index (χ3v) is 15.3. The van der Waals surface area contributed by atoms with Crippen LogP contribution in [-0.4, -0.2) is 146 Å². The van der Waals surface area contributed by atoms with Crippen LogP contribution in [0, 0.1) is 0 Å². The van der Waals surface area contributed by atoms with Gasteiger partial charge in [0.2, 0.25) is 27.7 Å². The Bertz CT molecular complexity index is 3530. The Morgan fingerprint density at radius 3 is 1.75 bits per heavy atom. The van der Waals surface area contributed by atoms with E-state index < -0.39 is 33.8 Å². The zero-order chi connectivity index (χ0) is 61.3. The molecule has 11 N–H and O–H groups in total. The molecule has 0 fully saturated rings. The lowest BCUT2D eigenvalue weighted by molar-refractivity contribution is -0.123. The van der Waals surface area contributed by atoms with Crippen molar-refractivity contribution in [2.24, 2.45) is 28.2 Å². The Morgan fingerprint density at radius 1 is 0.631 bits per heavy atom. The van der Waals surface area contributed by atoms with Crippen molar-refractivity contribution in [1.82, 2.24) is 54.5 Å². The van der Waals surface area contributed by atoms with Gasteiger partial charge in [0.15, 0.2) is 0 Å². The van der Waals surface area contributed by atoms with E-state index in [2.05, 4.69) is 58.2 Å². The van der Waals surface area contributed by atoms with Gasteiger partial charge in [-0.15, -0.1) is 0 Å². The summed E-state index contributed by atoms with van der Waals surface area (Å²) in [6.07, 6.45) is 18.8. The number of allylic oxidation sites excluding steroid dienone is 2. The number of nitrogen functional groups attached to an aromatic ring is 1. The van der Waals surface area contributed by atoms with E-state index in [0.717, 1.165) is 29.0 Å². The fraction of sp³-hybridized carbons (Fsp3) is 0.397. The Labute approximate surface area is 489 Å². The van der Waals surface area contributed by atoms with E-state index in [-0.39, 0.29) is 66.6 Å². The van der Waals surface area contributed by atoms with Crippen LogP contribution < -0.4 is 68.3 Å². The second-order valence-corrected chi connectivity index (χ2v) is 22.4. The number of anilines is 5. The monoisotopic (exact) mass is 1180 g/mol. The number of carbonyl (C=O) groups excluding carboxylic acids is 7. The van der Waals surface area contributed by atoms with Gasteiger partial charge < -0.3 is 76.3 Å². The van der Waals surface area contributed by atoms with Crippen molar-refractivity contribution in [3.05, 3.63) is 118 Å². The number of sulfonamides is 1. The average molecular weight is 1180 g/mol. The first-order valence-electron chi connectivity index (χ1n) is 27.7. The SMILES string of the molecule is C/C=C(\C=C/C(NC)C(=O)NCCC(=O)NCCCN(C)CCCNS(=O)(=O)c1ccc(N(C)C)c2c1=CCCC=2)NC(=O)c1cc(NC(=O)c2cc(NC(=O)c3cc(NC(=O)CCCNC(=O)c4cc(N)cn4C)cn3C)cn2C)cn1C. The molecule has 6 rings (SSSR count). The number of hydrogen-bond acceptors (Lipinski definition) is 13. The molecule has 1 atom stereocenters. The van der Waals surface area contributed by atoms with Crippen LogP contribution in [0.2, 0.25) is 0 Å². The molecule has 0 saturated carbocycles. The Hall–Kier alpha value is -8.72. The van der Waals surface area contributed by atoms with Gasteiger partial charge in [0.05, 0.1) is 27.6 Å². The van der Waals surface area contributed by atoms with Crippen LogP contribution in [0.5, 0.6) is 0 Å². The van der Waals surface area contributed by atoms with Gasteiger partial charge in [0.25, 0.3) is 23.6 Å². The lowest BCUT2D eigenvalue weighted by Gasteiger charge is -2.18. The highest BCUT2D eigenvalue weighted by Gasteiger charge is 2.22. The van der Waals surface area contributed by atoms with E-state index >= 15 is 0 Å². The van der Waals surface area contributed by atoms with Crippen LogP contribution in [0.1, 0.15) is 93.8 Å². The fourth-order valence-electron chi connectivity index (χ4n) is 9.40. The minimum Gasteiger partial charge on any atom is -0.397 e. The van der Waals surface area contributed by atoms with E-state index in [9.17, 15) is 42.0 Å². The van der Waals surface area contributed by atoms with Gasteiger partial charge >= 0.3 is 0 Å². The van der Waals surface area contributed by atoms with Crippen molar-refractivity contribution < 1.29 is 42.0 Å². The van der Waals surface area contributed by atoms with Crippen LogP contribution in [0.3, 0.4) is 0 Å². The molecule has 0 spiro atoms. The minimum absolute atomic E-state index is 0.0694. The molecule has 0 aliphatic heterocycles. The summed E-state index contributed by atoms with van der Waals surface area (Å²) in [6, 6.07) is 8.85. The van der Waals surface area contributed by atoms with Gasteiger partial charge in [-0.2, -0.15) is 0 Å². The molecule has 7 amide bonds. The molecule has 84 heavy (non-hydrogen) atoms. The number of likely N-dealkylation sites (N-methyl/N-ethyl adjacent to an activating group) is 1. The van der Waals surface area contributed by atoms with Gasteiger partial charge in [-0.3, -0.25) is 33.6 Å². The second-order valence-electron chi connectivity index (χ2n) is 20.7. The molecule has 452 valence electrons. The number of nitrogens with one attached hydrogen (secondary N) is 9. The number of aryl methyl sites for hydroxylation is 4. The maximum Gasteiger partial charge on any atom is 0.272 e. The molecule has 0 bridgehead atoms. The standard InChI is InChI=1S/C58H80N16O9S/c1-10-39(19-20-45(60-2)54(77)63-27-23-52(75)61-25-14-28-70(5)29-15-26-64-84(82,83)51-22-21-46(69(3)4)43-16-11-12-17-44(43)51)66-56(79)49-32-41(36-73(49)8)68-58(81)50-33-42(37-74(50)9)67-57(80)48-31-40(35-72(48)7)65-53(76)18-13-24-62-55(78)47-30-38(59)34-71(47)6/h10,16-17,19-22,30-37,45,60,64H,11-15,18,23-29,59H2,1-9H3,(H,61,75)(H,62,78)(H,63,77)(H,65,76)(H,66,79)(H,67,80)(H,68,81)/b20-19-,39-10+. The molecular weight excluding hydrogens is 1100 g/mol. The molecule has 4 aromatic heterocycles. The molecule has 5 aromatic rings. The smallest absolute Gasteiger partial charge is 0.272 e. The van der Waals surface area contributed by atoms with Crippen LogP contribution >= 0.6 is 0 Å². The van der Waals surface area contributed by atoms with Crippen molar-refractivity contribution >= 4 is 92.0 Å². The topological polar surface area (TPSA) is 314 Å². The average Bonchev–Trinajstić information content (AvgIpc) is 3.60. The first kappa shape index (κ1) is 64.4. The number of nitrogens with two attached hydrogens (primary N) is 1. The predicted molar refractivity (Wildman–Crippen MR) is 326 cm³/mol. The maximum atomic E-state index is 13.5. The number of benzene rings is 1. The van der Waals surface area contributed by atoms with Crippen molar-refractivity contribution in [1.29, 1.82) is 0 Å². The van der Waals surface area contributed by atoms with E-state index in [1.807, 2.05) is 38.2 Å². The highest BCUT2D eigenvalue weighted by molar-refractivity contribution is 7.89. The van der Waals surface area contributed by atoms with Crippen LogP contribution in [0.25, 0.3) is 12.2 Å². The summed E-state index contributed by atoms with van der Waals surface area (Å²) in [5.41, 5.74) is 9.76. The number of hydrogen-bond donors (Lipinski definition) is 10. The minimum atomic E-state index is -3.70. The summed E-state index contributed by atoms with van der Waals surface area (Å²) in [5.74, 6) is -2.67. The van der Waals surface area contributed by atoms with Crippen molar-refractivity contribution in [2.75, 3.05) is 94.0 Å². The largest absolute Gasteiger partial charge is 0.397 e. The third kappa shape index (κ3) is 17.9. The lowest BCUT2D eigenvalue weighted by atomic mass is 10.1. The van der Waals surface area contributed by atoms with Crippen LogP contribution in [0.4, 0.5) is 28.4 Å². The van der Waals surface area contributed by atoms with Crippen molar-refractivity contribution in [3.8, 4) is 0 Å². The Balaban J connectivity index is 0.867. The van der Waals surface area contributed by atoms with E-state index in [1.54, 1.807) is 111 Å². The van der Waals surface area contributed by atoms with Gasteiger partial charge in [-0.05, 0) is 114 Å². The normalized spacial score (nSPS) is 12.7. The lowest BCUT2D eigenvalue weighted by Crippen LogP contribution is -2.42. The Kier molecular flexibility index (Phi) is 23.0. The Morgan fingerprint density at radius 2 is 1.18 bits per heavy atom. The maximum absolute atomic E-state index is 13.5. The molecule has 26 heteroatoms. The highest BCUT2D eigenvalue weighted by Crippen LogP contribution is 2.21. The molecular formula is C58H80N16O9S. The number of aromatic nitrogens is 4. The number of nitrogens with zero attached hydrogens (tertiary/aromatic N) is 6. The van der Waals surface area contributed by atoms with Crippen molar-refractivity contribution in [3.63, 3.8) is 0 Å². The fourth-order valence-corrected chi connectivity index (χ4v) is 10.7. The van der Waals surface area contributed by atoms with Gasteiger partial charge in [-0.25, -0.2) is 13.1 Å². The van der Waals surface area contributed by atoms with Crippen LogP contribution in [-0.2, 0) is 52.6 Å². The van der Waals surface area contributed by atoms with Gasteiger partial charge in [0.1, 0.15) is 28.8 Å². The summed E-state index contributed by atoms with van der Waals surface area (Å²) in [5, 5.41) is 24.2. The summed E-state index contributed by atoms with van der Waals surface area (Å²) < 4.78 is 35.6. The molecule has 1 aromatic carbocycles. The van der Waals surface area contributed by atoms with Gasteiger partial charge in [-0.1, -0.05) is 24.3 Å².